The van der Waals surface area contributed by atoms with E-state index in [0.717, 1.165) is 63.4 Å². The molecule has 1 saturated carbocycles. The lowest BCUT2D eigenvalue weighted by Crippen LogP contribution is -2.55. The van der Waals surface area contributed by atoms with Gasteiger partial charge in [0.15, 0.2) is 5.58 Å². The molecule has 0 bridgehead atoms. The van der Waals surface area contributed by atoms with Crippen LogP contribution in [0.2, 0.25) is 5.02 Å². The zero-order chi connectivity index (χ0) is 37.4. The van der Waals surface area contributed by atoms with E-state index in [1.54, 1.807) is 36.4 Å². The van der Waals surface area contributed by atoms with E-state index in [-0.39, 0.29) is 31.9 Å². The highest BCUT2D eigenvalue weighted by Gasteiger charge is 2.44. The quantitative estimate of drug-likeness (QED) is 0.138. The number of allylic oxidation sites excluding steroid dienone is 1. The third kappa shape index (κ3) is 11.0. The Hall–Kier alpha value is -3.62. The zero-order valence-corrected chi connectivity index (χ0v) is 31.8. The molecule has 3 N–H and O–H groups in total. The number of likely N-dealkylation sites (tertiary alicyclic amines) is 1. The fraction of sp³-hybridized carbons (Fsp3) is 0.538. The van der Waals surface area contributed by atoms with Crippen molar-refractivity contribution in [1.82, 2.24) is 25.2 Å². The molecule has 14 heteroatoms. The Morgan fingerprint density at radius 2 is 1.79 bits per heavy atom. The van der Waals surface area contributed by atoms with Crippen molar-refractivity contribution in [2.75, 3.05) is 25.9 Å². The molecule has 1 aliphatic carbocycles. The van der Waals surface area contributed by atoms with Crippen LogP contribution in [0.1, 0.15) is 86.9 Å². The van der Waals surface area contributed by atoms with Crippen LogP contribution in [0.5, 0.6) is 0 Å². The lowest BCUT2D eigenvalue weighted by Gasteiger charge is -2.30. The molecule has 3 aliphatic rings. The summed E-state index contributed by atoms with van der Waals surface area (Å²) in [5.41, 5.74) is 3.12. The van der Waals surface area contributed by atoms with Crippen LogP contribution in [0, 0.1) is 5.92 Å². The molecule has 6 rings (SSSR count). The number of nitrogens with zero attached hydrogens (tertiary/aromatic N) is 2. The van der Waals surface area contributed by atoms with Crippen molar-refractivity contribution in [3.63, 3.8) is 0 Å². The fourth-order valence-electron chi connectivity index (χ4n) is 7.59. The molecule has 0 radical (unpaired) electrons. The smallest absolute Gasteiger partial charge is 0.266 e. The SMILES string of the molecule is CS(=O)(=O)N[C@H](CCC1CCNCC1)C(=O)N1C[C@H](OCc2ccc(Cl)cc2)C[C@H]1C(=O)N[C@@H](CC=C1CCCCC1)C(=O)c1nc2ccccc2o1. The normalized spacial score (nSPS) is 21.0. The van der Waals surface area contributed by atoms with Crippen LogP contribution in [-0.4, -0.2) is 86.0 Å². The molecule has 2 aliphatic heterocycles. The van der Waals surface area contributed by atoms with Gasteiger partial charge >= 0.3 is 0 Å². The maximum Gasteiger partial charge on any atom is 0.266 e. The average molecular weight is 768 g/mol. The number of hydrogen-bond donors (Lipinski definition) is 3. The van der Waals surface area contributed by atoms with E-state index in [0.29, 0.717) is 34.9 Å². The number of Topliss-reactive ketones (excluding diaryl/α,β-unsaturated/α-hetero) is 1. The molecule has 286 valence electrons. The van der Waals surface area contributed by atoms with Crippen molar-refractivity contribution >= 4 is 50.3 Å². The maximum atomic E-state index is 14.4. The van der Waals surface area contributed by atoms with Crippen LogP contribution in [0.4, 0.5) is 0 Å². The highest BCUT2D eigenvalue weighted by Crippen LogP contribution is 2.28. The topological polar surface area (TPSA) is 160 Å². The fourth-order valence-corrected chi connectivity index (χ4v) is 8.45. The standard InChI is InChI=1S/C39H50ClN5O7S/c1-53(49,50)44-33(18-14-27-19-21-41-22-20-27)39(48)45-24-30(51-25-28-11-15-29(40)16-12-28)23-34(45)37(47)42-32(17-13-26-7-3-2-4-8-26)36(46)38-43-31-9-5-6-10-35(31)52-38/h5-6,9-13,15-16,27,30,32-34,41,44H,2-4,7-8,14,17-25H2,1H3,(H,42,47)/t30-,32+,33-,34+/m1/s1. The summed E-state index contributed by atoms with van der Waals surface area (Å²) in [6.45, 7) is 2.06. The number of hydrogen-bond acceptors (Lipinski definition) is 9. The molecule has 0 spiro atoms. The highest BCUT2D eigenvalue weighted by molar-refractivity contribution is 7.88. The van der Waals surface area contributed by atoms with Crippen molar-refractivity contribution in [2.45, 2.75) is 101 Å². The molecular formula is C39H50ClN5O7S. The predicted molar refractivity (Wildman–Crippen MR) is 203 cm³/mol. The number of amides is 2. The Morgan fingerprint density at radius 1 is 1.06 bits per heavy atom. The minimum Gasteiger partial charge on any atom is -0.434 e. The van der Waals surface area contributed by atoms with Crippen LogP contribution in [0.15, 0.2) is 64.6 Å². The van der Waals surface area contributed by atoms with Crippen molar-refractivity contribution in [3.05, 3.63) is 76.7 Å². The minimum absolute atomic E-state index is 0.0770. The molecule has 2 saturated heterocycles. The van der Waals surface area contributed by atoms with E-state index in [1.807, 2.05) is 18.2 Å². The Morgan fingerprint density at radius 3 is 2.51 bits per heavy atom. The van der Waals surface area contributed by atoms with Gasteiger partial charge in [-0.1, -0.05) is 53.9 Å². The number of benzene rings is 2. The zero-order valence-electron chi connectivity index (χ0n) is 30.2. The second kappa shape index (κ2) is 18.1. The van der Waals surface area contributed by atoms with Crippen LogP contribution in [-0.2, 0) is 31.0 Å². The number of fused-ring (bicyclic) bond motifs is 1. The second-order valence-corrected chi connectivity index (χ2v) is 16.8. The first kappa shape index (κ1) is 39.1. The maximum absolute atomic E-state index is 14.4. The second-order valence-electron chi connectivity index (χ2n) is 14.6. The van der Waals surface area contributed by atoms with Crippen molar-refractivity contribution in [1.29, 1.82) is 0 Å². The number of carbonyl (C=O) groups is 3. The van der Waals surface area contributed by atoms with Gasteiger partial charge in [-0.2, -0.15) is 0 Å². The van der Waals surface area contributed by atoms with Crippen LogP contribution in [0.3, 0.4) is 0 Å². The Kier molecular flexibility index (Phi) is 13.4. The molecule has 4 atom stereocenters. The number of ether oxygens (including phenoxy) is 1. The number of piperidine rings is 1. The summed E-state index contributed by atoms with van der Waals surface area (Å²) < 4.78 is 39.7. The van der Waals surface area contributed by atoms with E-state index in [9.17, 15) is 22.8 Å². The average Bonchev–Trinajstić information content (AvgIpc) is 3.80. The molecule has 3 fully saturated rings. The molecule has 2 aromatic carbocycles. The van der Waals surface area contributed by atoms with Gasteiger partial charge in [0, 0.05) is 18.0 Å². The summed E-state index contributed by atoms with van der Waals surface area (Å²) in [4.78, 5) is 48.6. The molecule has 53 heavy (non-hydrogen) atoms. The number of para-hydroxylation sites is 2. The lowest BCUT2D eigenvalue weighted by molar-refractivity contribution is -0.140. The Labute approximate surface area is 316 Å². The first-order valence-electron chi connectivity index (χ1n) is 18.7. The molecule has 3 heterocycles. The van der Waals surface area contributed by atoms with E-state index in [4.69, 9.17) is 20.8 Å². The first-order valence-corrected chi connectivity index (χ1v) is 21.0. The lowest BCUT2D eigenvalue weighted by atomic mass is 9.91. The number of sulfonamides is 1. The molecule has 1 aromatic heterocycles. The molecule has 3 aromatic rings. The van der Waals surface area contributed by atoms with Gasteiger partial charge in [0.1, 0.15) is 23.6 Å². The molecule has 0 unspecified atom stereocenters. The number of ketones is 1. The summed E-state index contributed by atoms with van der Waals surface area (Å²) in [6, 6.07) is 11.2. The third-order valence-corrected chi connectivity index (χ3v) is 11.5. The van der Waals surface area contributed by atoms with Gasteiger partial charge < -0.3 is 24.7 Å². The third-order valence-electron chi connectivity index (χ3n) is 10.5. The molecular weight excluding hydrogens is 718 g/mol. The van der Waals surface area contributed by atoms with Crippen LogP contribution in [0.25, 0.3) is 11.1 Å². The van der Waals surface area contributed by atoms with Crippen molar-refractivity contribution in [2.24, 2.45) is 5.92 Å². The predicted octanol–water partition coefficient (Wildman–Crippen LogP) is 5.31. The summed E-state index contributed by atoms with van der Waals surface area (Å²) in [5, 5.41) is 6.89. The summed E-state index contributed by atoms with van der Waals surface area (Å²) >= 11 is 6.07. The monoisotopic (exact) mass is 767 g/mol. The molecule has 2 amide bonds. The summed E-state index contributed by atoms with van der Waals surface area (Å²) in [6.07, 6.45) is 11.0. The highest BCUT2D eigenvalue weighted by atomic mass is 35.5. The minimum atomic E-state index is -3.76. The van der Waals surface area contributed by atoms with E-state index >= 15 is 0 Å². The van der Waals surface area contributed by atoms with Gasteiger partial charge in [0.05, 0.1) is 19.0 Å². The first-order chi connectivity index (χ1) is 25.5. The Bertz CT molecular complexity index is 1830. The van der Waals surface area contributed by atoms with E-state index in [1.165, 1.54) is 16.9 Å². The number of aromatic nitrogens is 1. The number of nitrogens with one attached hydrogen (secondary N) is 3. The summed E-state index contributed by atoms with van der Waals surface area (Å²) in [7, 11) is -3.76. The van der Waals surface area contributed by atoms with Gasteiger partial charge in [0.25, 0.3) is 5.89 Å². The van der Waals surface area contributed by atoms with Gasteiger partial charge in [-0.3, -0.25) is 14.4 Å². The van der Waals surface area contributed by atoms with Gasteiger partial charge in [0.2, 0.25) is 27.6 Å². The van der Waals surface area contributed by atoms with Crippen LogP contribution >= 0.6 is 11.6 Å². The van der Waals surface area contributed by atoms with Crippen LogP contribution < -0.4 is 15.4 Å². The van der Waals surface area contributed by atoms with E-state index in [2.05, 4.69) is 20.3 Å². The summed E-state index contributed by atoms with van der Waals surface area (Å²) in [5.74, 6) is -1.22. The van der Waals surface area contributed by atoms with E-state index < -0.39 is 51.9 Å². The van der Waals surface area contributed by atoms with Gasteiger partial charge in [-0.25, -0.2) is 18.1 Å². The van der Waals surface area contributed by atoms with Gasteiger partial charge in [-0.15, -0.1) is 0 Å². The molecule has 12 nitrogen and oxygen atoms in total. The van der Waals surface area contributed by atoms with Gasteiger partial charge in [-0.05, 0) is 107 Å². The Balaban J connectivity index is 1.24. The largest absolute Gasteiger partial charge is 0.434 e. The number of halogens is 1. The van der Waals surface area contributed by atoms with Crippen molar-refractivity contribution < 1.29 is 32.0 Å². The number of rotatable bonds is 15. The number of carbonyl (C=O) groups excluding carboxylic acids is 3. The number of oxazole rings is 1. The van der Waals surface area contributed by atoms with Crippen molar-refractivity contribution in [3.8, 4) is 0 Å².